The maximum absolute atomic E-state index is 11.7. The van der Waals surface area contributed by atoms with E-state index in [0.717, 1.165) is 35.2 Å². The van der Waals surface area contributed by atoms with Crippen molar-refractivity contribution in [3.05, 3.63) is 64.8 Å². The van der Waals surface area contributed by atoms with E-state index >= 15 is 0 Å². The number of nitrogens with zero attached hydrogens (tertiary/aromatic N) is 1. The number of H-pyrrole nitrogens is 1. The molecule has 0 unspecified atom stereocenters. The highest BCUT2D eigenvalue weighted by Crippen LogP contribution is 2.32. The van der Waals surface area contributed by atoms with Gasteiger partial charge in [-0.05, 0) is 43.1 Å². The van der Waals surface area contributed by atoms with E-state index in [1.54, 1.807) is 12.1 Å². The maximum atomic E-state index is 11.7. The number of anilines is 1. The van der Waals surface area contributed by atoms with Crippen molar-refractivity contribution in [1.29, 1.82) is 0 Å². The van der Waals surface area contributed by atoms with Crippen molar-refractivity contribution in [3.8, 4) is 0 Å². The number of likely N-dealkylation sites (N-methyl/N-ethyl adjacent to an activating group) is 1. The highest BCUT2D eigenvalue weighted by Gasteiger charge is 2.09. The van der Waals surface area contributed by atoms with Crippen LogP contribution in [0.25, 0.3) is 32.4 Å². The minimum absolute atomic E-state index is 0.0389. The molecule has 4 aromatic rings. The topological polar surface area (TPSA) is 48.1 Å². The second-order valence-electron chi connectivity index (χ2n) is 6.65. The van der Waals surface area contributed by atoms with E-state index in [1.807, 2.05) is 12.1 Å². The second-order valence-corrected chi connectivity index (χ2v) is 6.65. The molecule has 0 bridgehead atoms. The van der Waals surface area contributed by atoms with Gasteiger partial charge in [0, 0.05) is 29.2 Å². The van der Waals surface area contributed by atoms with Crippen molar-refractivity contribution >= 4 is 38.3 Å². The Morgan fingerprint density at radius 2 is 1.68 bits per heavy atom. The van der Waals surface area contributed by atoms with Crippen LogP contribution < -0.4 is 10.7 Å². The first kappa shape index (κ1) is 15.7. The number of aromatic amines is 1. The summed E-state index contributed by atoms with van der Waals surface area (Å²) in [6.07, 6.45) is 0. The molecule has 0 aliphatic carbocycles. The summed E-state index contributed by atoms with van der Waals surface area (Å²) in [5.41, 5.74) is 1.10. The van der Waals surface area contributed by atoms with Gasteiger partial charge in [0.2, 0.25) is 0 Å². The SMILES string of the molecule is CN(C)CCNc1[nH]c2c3ccc(=O)cc3ccc2c2ccccc12. The molecule has 4 heteroatoms. The van der Waals surface area contributed by atoms with E-state index in [4.69, 9.17) is 0 Å². The Balaban J connectivity index is 1.98. The first-order chi connectivity index (χ1) is 12.1. The van der Waals surface area contributed by atoms with E-state index in [-0.39, 0.29) is 5.43 Å². The monoisotopic (exact) mass is 331 g/mol. The number of aromatic nitrogens is 1. The smallest absolute Gasteiger partial charge is 0.179 e. The van der Waals surface area contributed by atoms with Gasteiger partial charge in [-0.1, -0.05) is 36.4 Å². The van der Waals surface area contributed by atoms with Crippen LogP contribution in [0.2, 0.25) is 0 Å². The summed E-state index contributed by atoms with van der Waals surface area (Å²) in [7, 11) is 4.13. The summed E-state index contributed by atoms with van der Waals surface area (Å²) in [6.45, 7) is 1.81. The predicted molar refractivity (Wildman–Crippen MR) is 107 cm³/mol. The Kier molecular flexibility index (Phi) is 3.90. The average molecular weight is 331 g/mol. The van der Waals surface area contributed by atoms with Gasteiger partial charge >= 0.3 is 0 Å². The Morgan fingerprint density at radius 1 is 0.920 bits per heavy atom. The van der Waals surface area contributed by atoms with E-state index < -0.39 is 0 Å². The van der Waals surface area contributed by atoms with Gasteiger partial charge in [-0.15, -0.1) is 0 Å². The van der Waals surface area contributed by atoms with Crippen molar-refractivity contribution in [1.82, 2.24) is 9.88 Å². The molecule has 3 aromatic carbocycles. The second kappa shape index (κ2) is 6.22. The van der Waals surface area contributed by atoms with Crippen molar-refractivity contribution in [2.75, 3.05) is 32.5 Å². The quantitative estimate of drug-likeness (QED) is 0.559. The molecule has 2 N–H and O–H groups in total. The van der Waals surface area contributed by atoms with Crippen molar-refractivity contribution < 1.29 is 0 Å². The van der Waals surface area contributed by atoms with Gasteiger partial charge in [-0.25, -0.2) is 0 Å². The molecule has 4 nitrogen and oxygen atoms in total. The average Bonchev–Trinajstić information content (AvgIpc) is 2.61. The van der Waals surface area contributed by atoms with Crippen molar-refractivity contribution in [2.24, 2.45) is 0 Å². The molecule has 0 fully saturated rings. The molecule has 0 aliphatic heterocycles. The molecule has 0 amide bonds. The zero-order valence-corrected chi connectivity index (χ0v) is 14.5. The molecule has 0 radical (unpaired) electrons. The fraction of sp³-hybridized carbons (Fsp3) is 0.190. The first-order valence-electron chi connectivity index (χ1n) is 8.49. The molecule has 126 valence electrons. The van der Waals surface area contributed by atoms with Crippen LogP contribution in [-0.4, -0.2) is 37.1 Å². The minimum atomic E-state index is 0.0389. The minimum Gasteiger partial charge on any atom is -0.370 e. The van der Waals surface area contributed by atoms with Crippen LogP contribution >= 0.6 is 0 Å². The third-order valence-corrected chi connectivity index (χ3v) is 4.59. The zero-order chi connectivity index (χ0) is 17.4. The van der Waals surface area contributed by atoms with Gasteiger partial charge in [0.1, 0.15) is 5.82 Å². The highest BCUT2D eigenvalue weighted by molar-refractivity contribution is 6.17. The van der Waals surface area contributed by atoms with Crippen LogP contribution in [0.1, 0.15) is 0 Å². The van der Waals surface area contributed by atoms with Crippen LogP contribution in [0.5, 0.6) is 0 Å². The number of pyridine rings is 1. The van der Waals surface area contributed by atoms with Gasteiger partial charge in [0.25, 0.3) is 0 Å². The lowest BCUT2D eigenvalue weighted by atomic mass is 10.0. The molecule has 0 atom stereocenters. The molecule has 4 rings (SSSR count). The van der Waals surface area contributed by atoms with E-state index in [0.29, 0.717) is 0 Å². The number of benzene rings is 3. The molecule has 0 saturated heterocycles. The predicted octanol–water partition coefficient (Wildman–Crippen LogP) is 3.81. The summed E-state index contributed by atoms with van der Waals surface area (Å²) < 4.78 is 0. The van der Waals surface area contributed by atoms with Crippen LogP contribution in [0, 0.1) is 0 Å². The van der Waals surface area contributed by atoms with E-state index in [9.17, 15) is 4.79 Å². The van der Waals surface area contributed by atoms with Gasteiger partial charge in [-0.2, -0.15) is 0 Å². The Hall–Kier alpha value is -2.85. The first-order valence-corrected chi connectivity index (χ1v) is 8.49. The third kappa shape index (κ3) is 2.85. The van der Waals surface area contributed by atoms with Crippen LogP contribution in [0.3, 0.4) is 0 Å². The summed E-state index contributed by atoms with van der Waals surface area (Å²) in [6, 6.07) is 17.8. The maximum Gasteiger partial charge on any atom is 0.179 e. The fourth-order valence-corrected chi connectivity index (χ4v) is 3.34. The molecule has 0 aliphatic rings. The van der Waals surface area contributed by atoms with Gasteiger partial charge in [-0.3, -0.25) is 4.79 Å². The van der Waals surface area contributed by atoms with Crippen molar-refractivity contribution in [3.63, 3.8) is 0 Å². The number of hydrogen-bond donors (Lipinski definition) is 2. The highest BCUT2D eigenvalue weighted by atomic mass is 16.1. The Bertz CT molecular complexity index is 1130. The Labute approximate surface area is 146 Å². The summed E-state index contributed by atoms with van der Waals surface area (Å²) >= 11 is 0. The number of rotatable bonds is 4. The van der Waals surface area contributed by atoms with Crippen molar-refractivity contribution in [2.45, 2.75) is 0 Å². The molecule has 25 heavy (non-hydrogen) atoms. The molecular formula is C21H21N3O. The fourth-order valence-electron chi connectivity index (χ4n) is 3.34. The lowest BCUT2D eigenvalue weighted by Crippen LogP contribution is -2.21. The van der Waals surface area contributed by atoms with Gasteiger partial charge < -0.3 is 15.2 Å². The largest absolute Gasteiger partial charge is 0.370 e. The third-order valence-electron chi connectivity index (χ3n) is 4.59. The summed E-state index contributed by atoms with van der Waals surface area (Å²) in [5.74, 6) is 1.02. The lowest BCUT2D eigenvalue weighted by Gasteiger charge is -2.16. The van der Waals surface area contributed by atoms with Gasteiger partial charge in [0.15, 0.2) is 5.43 Å². The normalized spacial score (nSPS) is 11.6. The number of fused-ring (bicyclic) bond motifs is 5. The molecule has 1 heterocycles. The van der Waals surface area contributed by atoms with Crippen LogP contribution in [-0.2, 0) is 0 Å². The molecule has 0 saturated carbocycles. The van der Waals surface area contributed by atoms with E-state index in [1.165, 1.54) is 16.2 Å². The molecule has 0 spiro atoms. The lowest BCUT2D eigenvalue weighted by molar-refractivity contribution is 0.425. The summed E-state index contributed by atoms with van der Waals surface area (Å²) in [4.78, 5) is 17.4. The van der Waals surface area contributed by atoms with E-state index in [2.05, 4.69) is 59.6 Å². The number of nitrogens with one attached hydrogen (secondary N) is 2. The van der Waals surface area contributed by atoms with Crippen LogP contribution in [0.15, 0.2) is 59.4 Å². The summed E-state index contributed by atoms with van der Waals surface area (Å²) in [5, 5.41) is 9.11. The Morgan fingerprint density at radius 3 is 2.48 bits per heavy atom. The number of hydrogen-bond acceptors (Lipinski definition) is 3. The zero-order valence-electron chi connectivity index (χ0n) is 14.5. The van der Waals surface area contributed by atoms with Gasteiger partial charge in [0.05, 0.1) is 5.52 Å². The van der Waals surface area contributed by atoms with Crippen LogP contribution in [0.4, 0.5) is 5.82 Å². The molecular weight excluding hydrogens is 310 g/mol. The standard InChI is InChI=1S/C21H21N3O/c1-24(2)12-11-22-21-19-6-4-3-5-17(19)18-9-7-14-13-15(25)8-10-16(14)20(18)23-21/h3-10,13,22-23H,11-12H2,1-2H3. The molecule has 1 aromatic heterocycles.